The van der Waals surface area contributed by atoms with Crippen LogP contribution < -0.4 is 0 Å². The van der Waals surface area contributed by atoms with Crippen molar-refractivity contribution in [3.05, 3.63) is 0 Å². The molecule has 0 aromatic heterocycles. The van der Waals surface area contributed by atoms with Gasteiger partial charge in [-0.1, -0.05) is 15.9 Å². The maximum Gasteiger partial charge on any atom is 0.315 e. The number of alkyl halides is 3. The fourth-order valence-corrected chi connectivity index (χ4v) is 1.17. The van der Waals surface area contributed by atoms with Gasteiger partial charge in [0.15, 0.2) is 0 Å². The highest BCUT2D eigenvalue weighted by Crippen LogP contribution is 2.02. The molecule has 3 nitrogen and oxygen atoms in total. The van der Waals surface area contributed by atoms with Crippen LogP contribution in [0.15, 0.2) is 0 Å². The van der Waals surface area contributed by atoms with E-state index in [1.54, 1.807) is 6.92 Å². The minimum Gasteiger partial charge on any atom is -0.338 e. The molecule has 0 spiro atoms. The molecule has 1 amide bonds. The van der Waals surface area contributed by atoms with Crippen LogP contribution >= 0.6 is 15.9 Å². The van der Waals surface area contributed by atoms with E-state index in [-0.39, 0.29) is 30.6 Å². The summed E-state index contributed by atoms with van der Waals surface area (Å²) in [5.74, 6) is -1.32. The van der Waals surface area contributed by atoms with E-state index in [0.717, 1.165) is 4.90 Å². The number of nitrogens with zero attached hydrogens (tertiary/aromatic N) is 1. The Balaban J connectivity index is 4.03. The summed E-state index contributed by atoms with van der Waals surface area (Å²) < 4.78 is 24.0. The van der Waals surface area contributed by atoms with Crippen molar-refractivity contribution in [2.24, 2.45) is 0 Å². The van der Waals surface area contributed by atoms with Crippen molar-refractivity contribution in [2.75, 3.05) is 18.4 Å². The Morgan fingerprint density at radius 2 is 2.00 bits per heavy atom. The zero-order chi connectivity index (χ0) is 11.1. The van der Waals surface area contributed by atoms with Gasteiger partial charge in [-0.25, -0.2) is 0 Å². The third kappa shape index (κ3) is 4.64. The molecule has 0 unspecified atom stereocenters. The van der Waals surface area contributed by atoms with Crippen LogP contribution in [0.4, 0.5) is 8.78 Å². The maximum absolute atomic E-state index is 12.0. The van der Waals surface area contributed by atoms with Gasteiger partial charge in [0.1, 0.15) is 5.78 Å². The molecule has 0 radical (unpaired) electrons. The summed E-state index contributed by atoms with van der Waals surface area (Å²) in [7, 11) is 0. The van der Waals surface area contributed by atoms with Crippen molar-refractivity contribution >= 4 is 27.6 Å². The topological polar surface area (TPSA) is 37.4 Å². The van der Waals surface area contributed by atoms with Gasteiger partial charge in [0, 0.05) is 19.5 Å². The largest absolute Gasteiger partial charge is 0.338 e. The Labute approximate surface area is 89.6 Å². The summed E-state index contributed by atoms with van der Waals surface area (Å²) >= 11 is 2.95. The molecule has 0 atom stereocenters. The van der Waals surface area contributed by atoms with Gasteiger partial charge in [-0.05, 0) is 6.92 Å². The normalized spacial score (nSPS) is 10.4. The average Bonchev–Trinajstić information content (AvgIpc) is 2.17. The number of carbonyl (C=O) groups is 2. The Kier molecular flexibility index (Phi) is 6.61. The first-order valence-corrected chi connectivity index (χ1v) is 5.29. The van der Waals surface area contributed by atoms with Crippen molar-refractivity contribution in [1.29, 1.82) is 0 Å². The summed E-state index contributed by atoms with van der Waals surface area (Å²) in [5, 5.41) is 0.188. The highest BCUT2D eigenvalue weighted by Gasteiger charge is 2.21. The number of hydrogen-bond acceptors (Lipinski definition) is 2. The first-order chi connectivity index (χ1) is 6.52. The fraction of sp³-hybridized carbons (Fsp3) is 0.750. The molecule has 0 rings (SSSR count). The zero-order valence-electron chi connectivity index (χ0n) is 7.80. The Bertz CT molecular complexity index is 212. The lowest BCUT2D eigenvalue weighted by Gasteiger charge is -2.19. The first kappa shape index (κ1) is 13.5. The second-order valence-corrected chi connectivity index (χ2v) is 3.20. The summed E-state index contributed by atoms with van der Waals surface area (Å²) in [4.78, 5) is 22.7. The van der Waals surface area contributed by atoms with E-state index in [0.29, 0.717) is 0 Å². The quantitative estimate of drug-likeness (QED) is 0.686. The number of ketones is 1. The van der Waals surface area contributed by atoms with E-state index in [9.17, 15) is 18.4 Å². The van der Waals surface area contributed by atoms with E-state index < -0.39 is 12.3 Å². The van der Waals surface area contributed by atoms with Gasteiger partial charge in [-0.15, -0.1) is 0 Å². The van der Waals surface area contributed by atoms with Crippen LogP contribution in [0.5, 0.6) is 0 Å². The van der Waals surface area contributed by atoms with Gasteiger partial charge < -0.3 is 4.90 Å². The minimum absolute atomic E-state index is 0.0596. The molecule has 6 heteroatoms. The summed E-state index contributed by atoms with van der Waals surface area (Å²) in [5.41, 5.74) is 0. The van der Waals surface area contributed by atoms with Gasteiger partial charge in [-0.2, -0.15) is 8.78 Å². The van der Waals surface area contributed by atoms with Crippen molar-refractivity contribution < 1.29 is 18.4 Å². The van der Waals surface area contributed by atoms with Crippen LogP contribution in [0.1, 0.15) is 13.3 Å². The lowest BCUT2D eigenvalue weighted by molar-refractivity contribution is -0.142. The van der Waals surface area contributed by atoms with Crippen LogP contribution in [-0.2, 0) is 9.59 Å². The molecule has 0 aliphatic rings. The molecule has 0 saturated carbocycles. The molecule has 0 aromatic carbocycles. The fourth-order valence-electron chi connectivity index (χ4n) is 0.889. The minimum atomic E-state index is -2.99. The van der Waals surface area contributed by atoms with Crippen LogP contribution in [0, 0.1) is 0 Å². The van der Waals surface area contributed by atoms with E-state index in [1.165, 1.54) is 0 Å². The number of hydrogen-bond donors (Lipinski definition) is 0. The monoisotopic (exact) mass is 271 g/mol. The van der Waals surface area contributed by atoms with Crippen molar-refractivity contribution in [3.8, 4) is 0 Å². The van der Waals surface area contributed by atoms with E-state index in [2.05, 4.69) is 15.9 Å². The molecule has 0 N–H and O–H groups in total. The molecular weight excluding hydrogens is 260 g/mol. The summed E-state index contributed by atoms with van der Waals surface area (Å²) in [6.07, 6.45) is -2.88. The molecule has 0 saturated heterocycles. The van der Waals surface area contributed by atoms with E-state index >= 15 is 0 Å². The molecule has 0 aliphatic heterocycles. The number of halogens is 3. The molecule has 0 heterocycles. The third-order valence-corrected chi connectivity index (χ3v) is 2.32. The predicted molar refractivity (Wildman–Crippen MR) is 51.7 cm³/mol. The smallest absolute Gasteiger partial charge is 0.315 e. The van der Waals surface area contributed by atoms with Crippen LogP contribution in [0.2, 0.25) is 0 Å². The van der Waals surface area contributed by atoms with Gasteiger partial charge >= 0.3 is 6.43 Å². The molecular formula is C8H12BrF2NO2. The SMILES string of the molecule is CCN(CCC(=O)CBr)C(=O)C(F)F. The van der Waals surface area contributed by atoms with Crippen molar-refractivity contribution in [3.63, 3.8) is 0 Å². The van der Waals surface area contributed by atoms with E-state index in [4.69, 9.17) is 0 Å². The molecule has 14 heavy (non-hydrogen) atoms. The second kappa shape index (κ2) is 6.86. The van der Waals surface area contributed by atoms with Crippen LogP contribution in [0.25, 0.3) is 0 Å². The number of amides is 1. The van der Waals surface area contributed by atoms with Gasteiger partial charge in [0.05, 0.1) is 5.33 Å². The van der Waals surface area contributed by atoms with Crippen LogP contribution in [-0.4, -0.2) is 41.4 Å². The molecule has 0 fully saturated rings. The average molecular weight is 272 g/mol. The Hall–Kier alpha value is -0.520. The number of carbonyl (C=O) groups excluding carboxylic acids is 2. The molecule has 82 valence electrons. The molecule has 0 bridgehead atoms. The lowest BCUT2D eigenvalue weighted by Crippen LogP contribution is -2.37. The Morgan fingerprint density at radius 1 is 1.43 bits per heavy atom. The maximum atomic E-state index is 12.0. The predicted octanol–water partition coefficient (Wildman–Crippen LogP) is 1.45. The van der Waals surface area contributed by atoms with Crippen molar-refractivity contribution in [2.45, 2.75) is 19.8 Å². The van der Waals surface area contributed by atoms with Gasteiger partial charge in [0.2, 0.25) is 0 Å². The highest BCUT2D eigenvalue weighted by molar-refractivity contribution is 9.09. The number of rotatable bonds is 6. The van der Waals surface area contributed by atoms with Gasteiger partial charge in [-0.3, -0.25) is 9.59 Å². The lowest BCUT2D eigenvalue weighted by atomic mass is 10.3. The van der Waals surface area contributed by atoms with Crippen molar-refractivity contribution in [1.82, 2.24) is 4.90 Å². The van der Waals surface area contributed by atoms with Crippen LogP contribution in [0.3, 0.4) is 0 Å². The Morgan fingerprint density at radius 3 is 2.36 bits per heavy atom. The summed E-state index contributed by atoms with van der Waals surface area (Å²) in [6, 6.07) is 0. The third-order valence-electron chi connectivity index (χ3n) is 1.69. The van der Waals surface area contributed by atoms with E-state index in [1.807, 2.05) is 0 Å². The molecule has 0 aliphatic carbocycles. The summed E-state index contributed by atoms with van der Waals surface area (Å²) in [6.45, 7) is 1.85. The standard InChI is InChI=1S/C8H12BrF2NO2/c1-2-12(8(14)7(10)11)4-3-6(13)5-9/h7H,2-5H2,1H3. The second-order valence-electron chi connectivity index (χ2n) is 2.64. The molecule has 0 aromatic rings. The number of Topliss-reactive ketones (excluding diaryl/α,β-unsaturated/α-hetero) is 1. The zero-order valence-corrected chi connectivity index (χ0v) is 9.39. The van der Waals surface area contributed by atoms with Gasteiger partial charge in [0.25, 0.3) is 5.91 Å². The highest BCUT2D eigenvalue weighted by atomic mass is 79.9. The first-order valence-electron chi connectivity index (χ1n) is 4.17.